The zero-order chi connectivity index (χ0) is 30.2. The van der Waals surface area contributed by atoms with Crippen LogP contribution in [-0.2, 0) is 30.2 Å². The van der Waals surface area contributed by atoms with Crippen LogP contribution in [0, 0.1) is 3.57 Å². The number of piperidine rings is 2. The van der Waals surface area contributed by atoms with E-state index in [1.54, 1.807) is 9.80 Å². The van der Waals surface area contributed by atoms with Crippen LogP contribution in [0.15, 0.2) is 18.2 Å². The number of likely N-dealkylation sites (tertiary alicyclic amines) is 2. The number of nitrogens with zero attached hydrogens (tertiary/aromatic N) is 4. The molecule has 2 aliphatic rings. The summed E-state index contributed by atoms with van der Waals surface area (Å²) in [6, 6.07) is 6.37. The molecular weight excluding hydrogens is 663 g/mol. The van der Waals surface area contributed by atoms with Crippen molar-refractivity contribution in [2.75, 3.05) is 32.4 Å². The average molecular weight is 705 g/mol. The van der Waals surface area contributed by atoms with E-state index >= 15 is 0 Å². The minimum atomic E-state index is -3.53. The fourth-order valence-electron chi connectivity index (χ4n) is 5.33. The molecule has 2 aromatic rings. The van der Waals surface area contributed by atoms with E-state index in [0.717, 1.165) is 39.3 Å². The van der Waals surface area contributed by atoms with Gasteiger partial charge in [-0.3, -0.25) is 8.86 Å². The molecule has 2 aliphatic heterocycles. The number of hydrogen-bond acceptors (Lipinski definition) is 8. The minimum Gasteiger partial charge on any atom is -0.444 e. The van der Waals surface area contributed by atoms with Crippen molar-refractivity contribution in [2.45, 2.75) is 90.1 Å². The Morgan fingerprint density at radius 3 is 2.07 bits per heavy atom. The maximum Gasteiger partial charge on any atom is 0.410 e. The lowest BCUT2D eigenvalue weighted by molar-refractivity contribution is 0.00333. The Morgan fingerprint density at radius 2 is 1.51 bits per heavy atom. The van der Waals surface area contributed by atoms with Crippen molar-refractivity contribution in [3.05, 3.63) is 27.5 Å². The zero-order valence-corrected chi connectivity index (χ0v) is 27.7. The van der Waals surface area contributed by atoms with Gasteiger partial charge in [0.15, 0.2) is 0 Å². The van der Waals surface area contributed by atoms with Crippen LogP contribution in [0.1, 0.15) is 72.0 Å². The van der Waals surface area contributed by atoms with Gasteiger partial charge in [0.25, 0.3) is 10.1 Å². The average Bonchev–Trinajstić information content (AvgIpc) is 3.18. The van der Waals surface area contributed by atoms with Crippen molar-refractivity contribution in [3.63, 3.8) is 0 Å². The van der Waals surface area contributed by atoms with Crippen LogP contribution in [0.5, 0.6) is 0 Å². The SMILES string of the molecule is CC(C)(C)OC(=O)N1CCC(n2nc(CC(C)(C)OC(=O)N3CCC(OS(C)(=O)=O)CC3)c3cc(I)ccc32)CC1. The van der Waals surface area contributed by atoms with E-state index in [2.05, 4.69) is 45.5 Å². The Hall–Kier alpha value is -2.13. The third-order valence-electron chi connectivity index (χ3n) is 7.17. The van der Waals surface area contributed by atoms with E-state index in [9.17, 15) is 18.0 Å². The topological polar surface area (TPSA) is 120 Å². The molecule has 228 valence electrons. The molecule has 0 N–H and O–H groups in total. The summed E-state index contributed by atoms with van der Waals surface area (Å²) in [6.07, 6.45) is 2.72. The van der Waals surface area contributed by atoms with Gasteiger partial charge >= 0.3 is 12.2 Å². The number of hydrogen-bond donors (Lipinski definition) is 0. The molecular formula is C28H41IN4O7S. The molecule has 0 atom stereocenters. The van der Waals surface area contributed by atoms with E-state index in [1.165, 1.54) is 0 Å². The molecule has 0 saturated carbocycles. The zero-order valence-electron chi connectivity index (χ0n) is 24.7. The van der Waals surface area contributed by atoms with Crippen LogP contribution in [0.4, 0.5) is 9.59 Å². The van der Waals surface area contributed by atoms with E-state index in [4.69, 9.17) is 18.8 Å². The van der Waals surface area contributed by atoms with Gasteiger partial charge in [-0.2, -0.15) is 13.5 Å². The Kier molecular flexibility index (Phi) is 9.49. The number of fused-ring (bicyclic) bond motifs is 1. The van der Waals surface area contributed by atoms with Crippen LogP contribution in [0.2, 0.25) is 0 Å². The first-order chi connectivity index (χ1) is 19.0. The Labute approximate surface area is 256 Å². The normalized spacial score (nSPS) is 18.1. The second-order valence-electron chi connectivity index (χ2n) is 12.5. The van der Waals surface area contributed by atoms with E-state index in [1.807, 2.05) is 34.6 Å². The Balaban J connectivity index is 1.43. The van der Waals surface area contributed by atoms with Crippen molar-refractivity contribution in [1.29, 1.82) is 0 Å². The first kappa shape index (κ1) is 31.8. The van der Waals surface area contributed by atoms with Crippen LogP contribution < -0.4 is 0 Å². The van der Waals surface area contributed by atoms with Gasteiger partial charge in [-0.1, -0.05) is 0 Å². The summed E-state index contributed by atoms with van der Waals surface area (Å²) in [6.45, 7) is 11.3. The summed E-state index contributed by atoms with van der Waals surface area (Å²) in [5.74, 6) is 0. The lowest BCUT2D eigenvalue weighted by Crippen LogP contribution is -2.44. The molecule has 0 unspecified atom stereocenters. The van der Waals surface area contributed by atoms with Gasteiger partial charge in [0.05, 0.1) is 29.6 Å². The Bertz CT molecular complexity index is 1370. The van der Waals surface area contributed by atoms with E-state index in [-0.39, 0.29) is 12.1 Å². The first-order valence-corrected chi connectivity index (χ1v) is 16.9. The predicted molar refractivity (Wildman–Crippen MR) is 163 cm³/mol. The first-order valence-electron chi connectivity index (χ1n) is 14.0. The van der Waals surface area contributed by atoms with Crippen molar-refractivity contribution in [2.24, 2.45) is 0 Å². The standard InChI is InChI=1S/C28H41IN4O7S/c1-27(2,3)38-25(34)31-13-9-20(10-14-31)33-24-8-7-19(29)17-22(24)23(30-33)18-28(4,5)39-26(35)32-15-11-21(12-16-32)40-41(6,36)37/h7-8,17,20-21H,9-16,18H2,1-6H3. The number of carbonyl (C=O) groups excluding carboxylic acids is 2. The van der Waals surface area contributed by atoms with Gasteiger partial charge < -0.3 is 19.3 Å². The van der Waals surface area contributed by atoms with Gasteiger partial charge in [0, 0.05) is 41.6 Å². The van der Waals surface area contributed by atoms with Crippen LogP contribution in [-0.4, -0.2) is 89.9 Å². The lowest BCUT2D eigenvalue weighted by atomic mass is 10.00. The highest BCUT2D eigenvalue weighted by atomic mass is 127. The molecule has 0 radical (unpaired) electrons. The number of amides is 2. The molecule has 1 aromatic heterocycles. The number of benzene rings is 1. The highest BCUT2D eigenvalue weighted by molar-refractivity contribution is 14.1. The molecule has 11 nitrogen and oxygen atoms in total. The molecule has 0 spiro atoms. The van der Waals surface area contributed by atoms with Crippen LogP contribution in [0.3, 0.4) is 0 Å². The summed E-state index contributed by atoms with van der Waals surface area (Å²) in [5, 5.41) is 6.06. The number of ether oxygens (including phenoxy) is 2. The van der Waals surface area contributed by atoms with Crippen molar-refractivity contribution in [1.82, 2.24) is 19.6 Å². The fourth-order valence-corrected chi connectivity index (χ4v) is 6.51. The third kappa shape index (κ3) is 8.69. The Morgan fingerprint density at radius 1 is 0.951 bits per heavy atom. The smallest absolute Gasteiger partial charge is 0.410 e. The summed E-state index contributed by atoms with van der Waals surface area (Å²) in [5.41, 5.74) is 0.514. The maximum absolute atomic E-state index is 13.0. The van der Waals surface area contributed by atoms with Gasteiger partial charge in [-0.25, -0.2) is 9.59 Å². The molecule has 0 aliphatic carbocycles. The van der Waals surface area contributed by atoms with Gasteiger partial charge in [0.2, 0.25) is 0 Å². The third-order valence-corrected chi connectivity index (χ3v) is 8.47. The van der Waals surface area contributed by atoms with Crippen molar-refractivity contribution in [3.8, 4) is 0 Å². The number of aromatic nitrogens is 2. The van der Waals surface area contributed by atoms with Crippen LogP contribution >= 0.6 is 22.6 Å². The van der Waals surface area contributed by atoms with Gasteiger partial charge in [0.1, 0.15) is 11.2 Å². The number of carbonyl (C=O) groups is 2. The van der Waals surface area contributed by atoms with Gasteiger partial charge in [-0.15, -0.1) is 0 Å². The van der Waals surface area contributed by atoms with Gasteiger partial charge in [-0.05, 0) is 101 Å². The summed E-state index contributed by atoms with van der Waals surface area (Å²) in [7, 11) is -3.53. The highest BCUT2D eigenvalue weighted by Gasteiger charge is 2.33. The lowest BCUT2D eigenvalue weighted by Gasteiger charge is -2.34. The molecule has 0 bridgehead atoms. The second-order valence-corrected chi connectivity index (χ2v) is 15.4. The summed E-state index contributed by atoms with van der Waals surface area (Å²) >= 11 is 2.29. The molecule has 4 rings (SSSR count). The highest BCUT2D eigenvalue weighted by Crippen LogP contribution is 2.32. The molecule has 3 heterocycles. The molecule has 41 heavy (non-hydrogen) atoms. The summed E-state index contributed by atoms with van der Waals surface area (Å²) < 4.78 is 42.6. The van der Waals surface area contributed by atoms with Crippen molar-refractivity contribution >= 4 is 55.8 Å². The molecule has 2 amide bonds. The monoisotopic (exact) mass is 704 g/mol. The molecule has 13 heteroatoms. The minimum absolute atomic E-state index is 0.131. The van der Waals surface area contributed by atoms with Crippen molar-refractivity contribution < 1.29 is 31.7 Å². The second kappa shape index (κ2) is 12.2. The quantitative estimate of drug-likeness (QED) is 0.301. The van der Waals surface area contributed by atoms with E-state index in [0.29, 0.717) is 45.4 Å². The van der Waals surface area contributed by atoms with E-state index < -0.39 is 33.5 Å². The maximum atomic E-state index is 13.0. The van der Waals surface area contributed by atoms with Crippen LogP contribution in [0.25, 0.3) is 10.9 Å². The largest absolute Gasteiger partial charge is 0.444 e. The fraction of sp³-hybridized carbons (Fsp3) is 0.679. The predicted octanol–water partition coefficient (Wildman–Crippen LogP) is 5.11. The number of rotatable bonds is 6. The number of halogens is 1. The molecule has 2 saturated heterocycles. The molecule has 2 fully saturated rings. The molecule has 1 aromatic carbocycles. The summed E-state index contributed by atoms with van der Waals surface area (Å²) in [4.78, 5) is 28.9.